The summed E-state index contributed by atoms with van der Waals surface area (Å²) in [5.74, 6) is 0.0865. The van der Waals surface area contributed by atoms with Crippen LogP contribution in [-0.4, -0.2) is 23.8 Å². The Labute approximate surface area is 186 Å². The van der Waals surface area contributed by atoms with Crippen LogP contribution in [0.4, 0.5) is 17.1 Å². The van der Waals surface area contributed by atoms with Crippen molar-refractivity contribution in [1.29, 1.82) is 0 Å². The van der Waals surface area contributed by atoms with Crippen molar-refractivity contribution in [3.05, 3.63) is 93.4 Å². The number of nitro benzene ring substituents is 1. The second-order valence-corrected chi connectivity index (χ2v) is 7.89. The molecule has 4 aromatic rings. The van der Waals surface area contributed by atoms with Crippen LogP contribution >= 0.6 is 11.3 Å². The first-order valence-corrected chi connectivity index (χ1v) is 10.3. The number of hydrogen-bond acceptors (Lipinski definition) is 6. The fraction of sp³-hybridized carbons (Fsp3) is 0.0435. The maximum absolute atomic E-state index is 12.6. The van der Waals surface area contributed by atoms with Crippen molar-refractivity contribution in [3.63, 3.8) is 0 Å². The van der Waals surface area contributed by atoms with E-state index in [-0.39, 0.29) is 17.5 Å². The Hall–Kier alpha value is -4.24. The summed E-state index contributed by atoms with van der Waals surface area (Å²) < 4.78 is 5.88. The van der Waals surface area contributed by atoms with Gasteiger partial charge in [-0.2, -0.15) is 0 Å². The second-order valence-electron chi connectivity index (χ2n) is 6.80. The molecule has 0 aliphatic rings. The molecule has 1 aromatic heterocycles. The first-order valence-electron chi connectivity index (χ1n) is 9.48. The summed E-state index contributed by atoms with van der Waals surface area (Å²) in [5.41, 5.74) is 1.58. The van der Waals surface area contributed by atoms with E-state index in [0.29, 0.717) is 33.0 Å². The number of carbonyl (C=O) groups excluding carboxylic acids is 2. The Kier molecular flexibility index (Phi) is 5.82. The minimum atomic E-state index is -0.469. The number of nitrogens with one attached hydrogen (secondary N) is 2. The van der Waals surface area contributed by atoms with E-state index in [9.17, 15) is 19.7 Å². The van der Waals surface area contributed by atoms with Crippen molar-refractivity contribution in [2.75, 3.05) is 17.7 Å². The Morgan fingerprint density at radius 2 is 1.50 bits per heavy atom. The van der Waals surface area contributed by atoms with Gasteiger partial charge >= 0.3 is 0 Å². The number of fused-ring (bicyclic) bond motifs is 1. The summed E-state index contributed by atoms with van der Waals surface area (Å²) in [6, 6.07) is 19.6. The lowest BCUT2D eigenvalue weighted by atomic mass is 10.2. The van der Waals surface area contributed by atoms with Gasteiger partial charge in [0.1, 0.15) is 5.75 Å². The van der Waals surface area contributed by atoms with E-state index in [4.69, 9.17) is 4.74 Å². The lowest BCUT2D eigenvalue weighted by Gasteiger charge is -2.08. The second kappa shape index (κ2) is 8.86. The predicted molar refractivity (Wildman–Crippen MR) is 124 cm³/mol. The monoisotopic (exact) mass is 447 g/mol. The highest BCUT2D eigenvalue weighted by Gasteiger charge is 2.14. The van der Waals surface area contributed by atoms with Crippen LogP contribution in [-0.2, 0) is 0 Å². The van der Waals surface area contributed by atoms with Gasteiger partial charge in [0.2, 0.25) is 0 Å². The summed E-state index contributed by atoms with van der Waals surface area (Å²) in [6.07, 6.45) is 0. The topological polar surface area (TPSA) is 111 Å². The first kappa shape index (κ1) is 21.0. The van der Waals surface area contributed by atoms with E-state index >= 15 is 0 Å². The minimum absolute atomic E-state index is 0.0224. The van der Waals surface area contributed by atoms with Gasteiger partial charge in [0, 0.05) is 39.2 Å². The number of ether oxygens (including phenoxy) is 1. The number of nitrogens with zero attached hydrogens (tertiary/aromatic N) is 1. The average Bonchev–Trinajstić information content (AvgIpc) is 3.23. The van der Waals surface area contributed by atoms with Gasteiger partial charge in [0.15, 0.2) is 0 Å². The standard InChI is InChI=1S/C23H17N3O5S/c1-31-19-9-6-17(7-10-19)24-22(27)14-2-4-16(5-3-14)25-23(28)21-13-15-12-18(26(29)30)8-11-20(15)32-21/h2-13H,1H3,(H,24,27)(H,25,28). The van der Waals surface area contributed by atoms with Crippen molar-refractivity contribution < 1.29 is 19.2 Å². The summed E-state index contributed by atoms with van der Waals surface area (Å²) in [4.78, 5) is 35.9. The fourth-order valence-electron chi connectivity index (χ4n) is 3.03. The van der Waals surface area contributed by atoms with Crippen LogP contribution in [0.5, 0.6) is 5.75 Å². The van der Waals surface area contributed by atoms with Gasteiger partial charge in [-0.25, -0.2) is 0 Å². The number of thiophene rings is 1. The molecule has 1 heterocycles. The quantitative estimate of drug-likeness (QED) is 0.307. The summed E-state index contributed by atoms with van der Waals surface area (Å²) >= 11 is 1.25. The molecule has 2 amide bonds. The average molecular weight is 447 g/mol. The smallest absolute Gasteiger partial charge is 0.270 e. The Bertz CT molecular complexity index is 1310. The molecule has 0 aliphatic heterocycles. The largest absolute Gasteiger partial charge is 0.497 e. The number of carbonyl (C=O) groups is 2. The van der Waals surface area contributed by atoms with E-state index in [1.165, 1.54) is 23.5 Å². The van der Waals surface area contributed by atoms with Gasteiger partial charge < -0.3 is 15.4 Å². The highest BCUT2D eigenvalue weighted by atomic mass is 32.1. The lowest BCUT2D eigenvalue weighted by molar-refractivity contribution is -0.384. The summed E-state index contributed by atoms with van der Waals surface area (Å²) in [6.45, 7) is 0. The number of rotatable bonds is 6. The molecule has 32 heavy (non-hydrogen) atoms. The zero-order chi connectivity index (χ0) is 22.7. The van der Waals surface area contributed by atoms with Gasteiger partial charge in [0.05, 0.1) is 16.9 Å². The maximum atomic E-state index is 12.6. The molecule has 0 saturated heterocycles. The minimum Gasteiger partial charge on any atom is -0.497 e. The molecule has 160 valence electrons. The molecule has 0 unspecified atom stereocenters. The molecule has 0 bridgehead atoms. The number of hydrogen-bond donors (Lipinski definition) is 2. The molecule has 8 nitrogen and oxygen atoms in total. The van der Waals surface area contributed by atoms with E-state index in [0.717, 1.165) is 4.70 Å². The van der Waals surface area contributed by atoms with Crippen LogP contribution in [0.25, 0.3) is 10.1 Å². The van der Waals surface area contributed by atoms with Crippen molar-refractivity contribution in [1.82, 2.24) is 0 Å². The fourth-order valence-corrected chi connectivity index (χ4v) is 3.97. The summed E-state index contributed by atoms with van der Waals surface area (Å²) in [7, 11) is 1.57. The Balaban J connectivity index is 1.42. The number of methoxy groups -OCH3 is 1. The number of anilines is 2. The SMILES string of the molecule is COc1ccc(NC(=O)c2ccc(NC(=O)c3cc4cc([N+](=O)[O-])ccc4s3)cc2)cc1. The molecule has 2 N–H and O–H groups in total. The maximum Gasteiger partial charge on any atom is 0.270 e. The van der Waals surface area contributed by atoms with Crippen LogP contribution in [0, 0.1) is 10.1 Å². The molecule has 0 fully saturated rings. The third kappa shape index (κ3) is 4.57. The third-order valence-electron chi connectivity index (χ3n) is 4.69. The third-order valence-corrected chi connectivity index (χ3v) is 5.80. The van der Waals surface area contributed by atoms with E-state index in [1.807, 2.05) is 0 Å². The predicted octanol–water partition coefficient (Wildman–Crippen LogP) is 5.32. The van der Waals surface area contributed by atoms with Gasteiger partial charge in [-0.15, -0.1) is 11.3 Å². The zero-order valence-electron chi connectivity index (χ0n) is 16.8. The molecule has 0 spiro atoms. The van der Waals surface area contributed by atoms with Crippen LogP contribution < -0.4 is 15.4 Å². The number of benzene rings is 3. The van der Waals surface area contributed by atoms with Crippen molar-refractivity contribution in [2.45, 2.75) is 0 Å². The highest BCUT2D eigenvalue weighted by molar-refractivity contribution is 7.20. The summed E-state index contributed by atoms with van der Waals surface area (Å²) in [5, 5.41) is 17.1. The van der Waals surface area contributed by atoms with Crippen molar-refractivity contribution in [3.8, 4) is 5.75 Å². The Morgan fingerprint density at radius 3 is 2.12 bits per heavy atom. The molecule has 3 aromatic carbocycles. The lowest BCUT2D eigenvalue weighted by Crippen LogP contribution is -2.13. The van der Waals surface area contributed by atoms with Crippen LogP contribution in [0.2, 0.25) is 0 Å². The van der Waals surface area contributed by atoms with E-state index < -0.39 is 4.92 Å². The van der Waals surface area contributed by atoms with Gasteiger partial charge in [-0.1, -0.05) is 0 Å². The van der Waals surface area contributed by atoms with E-state index in [1.54, 1.807) is 67.8 Å². The number of non-ortho nitro benzene ring substituents is 1. The highest BCUT2D eigenvalue weighted by Crippen LogP contribution is 2.29. The molecular weight excluding hydrogens is 430 g/mol. The van der Waals surface area contributed by atoms with Crippen LogP contribution in [0.3, 0.4) is 0 Å². The molecule has 9 heteroatoms. The zero-order valence-corrected chi connectivity index (χ0v) is 17.6. The Morgan fingerprint density at radius 1 is 0.875 bits per heavy atom. The normalized spacial score (nSPS) is 10.5. The first-order chi connectivity index (χ1) is 15.4. The molecule has 0 radical (unpaired) electrons. The molecule has 0 atom stereocenters. The molecule has 0 saturated carbocycles. The van der Waals surface area contributed by atoms with E-state index in [2.05, 4.69) is 10.6 Å². The molecular formula is C23H17N3O5S. The number of amides is 2. The molecule has 0 aliphatic carbocycles. The van der Waals surface area contributed by atoms with Crippen LogP contribution in [0.1, 0.15) is 20.0 Å². The van der Waals surface area contributed by atoms with Gasteiger partial charge in [0.25, 0.3) is 17.5 Å². The van der Waals surface area contributed by atoms with Gasteiger partial charge in [-0.3, -0.25) is 19.7 Å². The molecule has 4 rings (SSSR count). The van der Waals surface area contributed by atoms with Crippen molar-refractivity contribution >= 4 is 50.3 Å². The van der Waals surface area contributed by atoms with Crippen molar-refractivity contribution in [2.24, 2.45) is 0 Å². The van der Waals surface area contributed by atoms with Crippen LogP contribution in [0.15, 0.2) is 72.8 Å². The van der Waals surface area contributed by atoms with Gasteiger partial charge in [-0.05, 0) is 60.7 Å². The number of nitro groups is 1.